The Bertz CT molecular complexity index is 1050. The Kier molecular flexibility index (Phi) is 6.46. The summed E-state index contributed by atoms with van der Waals surface area (Å²) in [6, 6.07) is 4.16. The molecule has 1 saturated heterocycles. The summed E-state index contributed by atoms with van der Waals surface area (Å²) in [4.78, 5) is 6.34. The number of rotatable bonds is 9. The van der Waals surface area contributed by atoms with Gasteiger partial charge in [0.25, 0.3) is 0 Å². The van der Waals surface area contributed by atoms with Crippen LogP contribution >= 0.6 is 0 Å². The van der Waals surface area contributed by atoms with Gasteiger partial charge in [0.05, 0.1) is 12.3 Å². The van der Waals surface area contributed by atoms with E-state index >= 15 is 0 Å². The van der Waals surface area contributed by atoms with E-state index in [0.29, 0.717) is 48.0 Å². The average molecular weight is 494 g/mol. The van der Waals surface area contributed by atoms with E-state index in [2.05, 4.69) is 39.2 Å². The molecule has 1 aliphatic heterocycles. The molecule has 3 fully saturated rings. The van der Waals surface area contributed by atoms with Crippen molar-refractivity contribution in [2.75, 3.05) is 32.5 Å². The van der Waals surface area contributed by atoms with Crippen molar-refractivity contribution in [1.82, 2.24) is 19.7 Å². The van der Waals surface area contributed by atoms with Gasteiger partial charge in [0.1, 0.15) is 5.67 Å². The number of halogens is 3. The zero-order valence-electron chi connectivity index (χ0n) is 20.5. The predicted molar refractivity (Wildman–Crippen MR) is 126 cm³/mol. The minimum Gasteiger partial charge on any atom is -0.431 e. The molecule has 3 heterocycles. The molecule has 0 aromatic carbocycles. The number of alkyl halides is 3. The van der Waals surface area contributed by atoms with Gasteiger partial charge >= 0.3 is 6.61 Å². The fourth-order valence-electron chi connectivity index (χ4n) is 6.21. The van der Waals surface area contributed by atoms with Gasteiger partial charge in [-0.05, 0) is 56.6 Å². The fourth-order valence-corrected chi connectivity index (χ4v) is 6.21. The molecular formula is C25H34F3N5O2. The molecule has 192 valence electrons. The standard InChI is InChI=1S/C25H34F3N5O2/c1-4-14(2)33-20(10-19(31-33)15-7-21(35-24(26)27)23(29)30-11-15)22-17-8-16(9-18(17)22)32-6-5-25(28,12-32)13-34-3/h7,10-11,14,16-18,22,24H,4-6,8-9,12-13H2,1-3H3,(H2,29,30). The highest BCUT2D eigenvalue weighted by atomic mass is 19.3. The van der Waals surface area contributed by atoms with Gasteiger partial charge in [-0.15, -0.1) is 0 Å². The zero-order valence-corrected chi connectivity index (χ0v) is 20.5. The number of nitrogens with zero attached hydrogens (tertiary/aromatic N) is 4. The van der Waals surface area contributed by atoms with Gasteiger partial charge in [0.2, 0.25) is 0 Å². The molecule has 0 radical (unpaired) electrons. The van der Waals surface area contributed by atoms with Crippen LogP contribution < -0.4 is 10.5 Å². The third kappa shape index (κ3) is 4.62. The Balaban J connectivity index is 1.33. The number of hydrogen-bond donors (Lipinski definition) is 1. The van der Waals surface area contributed by atoms with E-state index in [0.717, 1.165) is 25.8 Å². The SMILES string of the molecule is CCC(C)n1nc(-c2cnc(N)c(OC(F)F)c2)cc1C1C2CC(N3CCC(F)(COC)C3)CC21. The van der Waals surface area contributed by atoms with Gasteiger partial charge < -0.3 is 15.2 Å². The van der Waals surface area contributed by atoms with Crippen molar-refractivity contribution in [3.05, 3.63) is 24.0 Å². The van der Waals surface area contributed by atoms with E-state index in [-0.39, 0.29) is 24.2 Å². The predicted octanol–water partition coefficient (Wildman–Crippen LogP) is 4.65. The summed E-state index contributed by atoms with van der Waals surface area (Å²) in [5.74, 6) is 1.31. The number of fused-ring (bicyclic) bond motifs is 1. The van der Waals surface area contributed by atoms with Crippen molar-refractivity contribution in [1.29, 1.82) is 0 Å². The molecule has 2 N–H and O–H groups in total. The Labute approximate surface area is 203 Å². The van der Waals surface area contributed by atoms with Crippen LogP contribution in [-0.4, -0.2) is 64.8 Å². The summed E-state index contributed by atoms with van der Waals surface area (Å²) in [5, 5.41) is 4.84. The first kappa shape index (κ1) is 24.4. The number of methoxy groups -OCH3 is 1. The Morgan fingerprint density at radius 2 is 2.00 bits per heavy atom. The van der Waals surface area contributed by atoms with Crippen molar-refractivity contribution in [3.8, 4) is 17.0 Å². The molecule has 2 aliphatic carbocycles. The molecule has 4 atom stereocenters. The van der Waals surface area contributed by atoms with Crippen LogP contribution in [0, 0.1) is 11.8 Å². The van der Waals surface area contributed by atoms with Crippen molar-refractivity contribution in [2.24, 2.45) is 11.8 Å². The molecule has 2 aromatic heterocycles. The van der Waals surface area contributed by atoms with E-state index in [4.69, 9.17) is 15.6 Å². The first-order valence-corrected chi connectivity index (χ1v) is 12.4. The molecular weight excluding hydrogens is 459 g/mol. The van der Waals surface area contributed by atoms with E-state index in [1.165, 1.54) is 11.8 Å². The minimum atomic E-state index is -2.98. The number of nitrogen functional groups attached to an aromatic ring is 1. The maximum absolute atomic E-state index is 14.9. The summed E-state index contributed by atoms with van der Waals surface area (Å²) in [6.45, 7) is 2.68. The molecule has 2 aromatic rings. The molecule has 0 amide bonds. The summed E-state index contributed by atoms with van der Waals surface area (Å²) < 4.78 is 52.1. The van der Waals surface area contributed by atoms with Crippen molar-refractivity contribution >= 4 is 5.82 Å². The topological polar surface area (TPSA) is 78.4 Å². The Hall–Kier alpha value is -2.33. The molecule has 7 nitrogen and oxygen atoms in total. The lowest BCUT2D eigenvalue weighted by Crippen LogP contribution is -2.38. The van der Waals surface area contributed by atoms with E-state index in [9.17, 15) is 13.2 Å². The van der Waals surface area contributed by atoms with Gasteiger partial charge in [0, 0.05) is 55.7 Å². The third-order valence-electron chi connectivity index (χ3n) is 8.18. The Morgan fingerprint density at radius 1 is 1.26 bits per heavy atom. The number of nitrogens with two attached hydrogens (primary N) is 1. The average Bonchev–Trinajstić information content (AvgIpc) is 3.23. The maximum atomic E-state index is 14.9. The number of hydrogen-bond acceptors (Lipinski definition) is 6. The normalized spacial score (nSPS) is 31.2. The zero-order chi connectivity index (χ0) is 24.9. The Morgan fingerprint density at radius 3 is 2.66 bits per heavy atom. The van der Waals surface area contributed by atoms with Gasteiger partial charge in [-0.1, -0.05) is 6.92 Å². The van der Waals surface area contributed by atoms with E-state index in [1.54, 1.807) is 13.3 Å². The quantitative estimate of drug-likeness (QED) is 0.548. The number of likely N-dealkylation sites (tertiary alicyclic amines) is 1. The van der Waals surface area contributed by atoms with Crippen molar-refractivity contribution in [3.63, 3.8) is 0 Å². The largest absolute Gasteiger partial charge is 0.431 e. The van der Waals surface area contributed by atoms with Gasteiger partial charge in [-0.25, -0.2) is 9.37 Å². The molecule has 5 rings (SSSR count). The first-order valence-electron chi connectivity index (χ1n) is 12.4. The van der Waals surface area contributed by atoms with Crippen molar-refractivity contribution < 1.29 is 22.6 Å². The van der Waals surface area contributed by atoms with Crippen LogP contribution in [0.25, 0.3) is 11.3 Å². The molecule has 2 saturated carbocycles. The lowest BCUT2D eigenvalue weighted by molar-refractivity contribution is -0.0494. The molecule has 4 unspecified atom stereocenters. The van der Waals surface area contributed by atoms with Gasteiger partial charge in [-0.3, -0.25) is 9.58 Å². The maximum Gasteiger partial charge on any atom is 0.387 e. The molecule has 10 heteroatoms. The summed E-state index contributed by atoms with van der Waals surface area (Å²) in [6.07, 6.45) is 5.13. The van der Waals surface area contributed by atoms with Crippen LogP contribution in [0.1, 0.15) is 57.2 Å². The molecule has 0 bridgehead atoms. The molecule has 3 aliphatic rings. The fraction of sp³-hybridized carbons (Fsp3) is 0.680. The number of pyridine rings is 1. The van der Waals surface area contributed by atoms with Crippen LogP contribution in [0.2, 0.25) is 0 Å². The smallest absolute Gasteiger partial charge is 0.387 e. The molecule has 0 spiro atoms. The lowest BCUT2D eigenvalue weighted by Gasteiger charge is -2.27. The highest BCUT2D eigenvalue weighted by Gasteiger charge is 2.59. The second-order valence-electron chi connectivity index (χ2n) is 10.4. The van der Waals surface area contributed by atoms with Crippen LogP contribution in [0.3, 0.4) is 0 Å². The van der Waals surface area contributed by atoms with Gasteiger partial charge in [-0.2, -0.15) is 13.9 Å². The number of aromatic nitrogens is 3. The van der Waals surface area contributed by atoms with Crippen molar-refractivity contribution in [2.45, 2.75) is 69.8 Å². The highest BCUT2D eigenvalue weighted by Crippen LogP contribution is 2.64. The second-order valence-corrected chi connectivity index (χ2v) is 10.4. The lowest BCUT2D eigenvalue weighted by atomic mass is 10.0. The van der Waals surface area contributed by atoms with E-state index in [1.807, 2.05) is 0 Å². The summed E-state index contributed by atoms with van der Waals surface area (Å²) in [7, 11) is 1.56. The van der Waals surface area contributed by atoms with Gasteiger partial charge in [0.15, 0.2) is 11.6 Å². The van der Waals surface area contributed by atoms with E-state index < -0.39 is 12.3 Å². The monoisotopic (exact) mass is 493 g/mol. The first-order chi connectivity index (χ1) is 16.7. The summed E-state index contributed by atoms with van der Waals surface area (Å²) in [5.41, 5.74) is 6.93. The van der Waals surface area contributed by atoms with Crippen LogP contribution in [0.15, 0.2) is 18.3 Å². The second kappa shape index (κ2) is 9.28. The summed E-state index contributed by atoms with van der Waals surface area (Å²) >= 11 is 0. The van der Waals surface area contributed by atoms with Crippen LogP contribution in [0.5, 0.6) is 5.75 Å². The highest BCUT2D eigenvalue weighted by molar-refractivity contribution is 5.64. The minimum absolute atomic E-state index is 0.0805. The van der Waals surface area contributed by atoms with Crippen LogP contribution in [-0.2, 0) is 4.74 Å². The van der Waals surface area contributed by atoms with Crippen LogP contribution in [0.4, 0.5) is 19.0 Å². The number of anilines is 1. The molecule has 35 heavy (non-hydrogen) atoms. The number of ether oxygens (including phenoxy) is 2. The third-order valence-corrected chi connectivity index (χ3v) is 8.18.